The Kier molecular flexibility index (Phi) is 4.38. The number of likely N-dealkylation sites (N-methyl/N-ethyl adjacent to an activating group) is 1. The van der Waals surface area contributed by atoms with Crippen molar-refractivity contribution in [3.05, 3.63) is 34.9 Å². The van der Waals surface area contributed by atoms with Gasteiger partial charge in [-0.3, -0.25) is 4.90 Å². The van der Waals surface area contributed by atoms with E-state index in [4.69, 9.17) is 4.74 Å². The van der Waals surface area contributed by atoms with E-state index in [0.29, 0.717) is 6.61 Å². The lowest BCUT2D eigenvalue weighted by Crippen LogP contribution is -2.44. The molecule has 0 bridgehead atoms. The van der Waals surface area contributed by atoms with Gasteiger partial charge in [0.05, 0.1) is 6.61 Å². The van der Waals surface area contributed by atoms with Crippen molar-refractivity contribution >= 4 is 0 Å². The van der Waals surface area contributed by atoms with Crippen LogP contribution in [0.25, 0.3) is 0 Å². The van der Waals surface area contributed by atoms with Gasteiger partial charge in [0.15, 0.2) is 0 Å². The third kappa shape index (κ3) is 2.91. The molecule has 1 N–H and O–H groups in total. The smallest absolute Gasteiger partial charge is 0.106 e. The molecule has 2 unspecified atom stereocenters. The second-order valence-corrected chi connectivity index (χ2v) is 5.09. The van der Waals surface area contributed by atoms with Crippen molar-refractivity contribution in [3.63, 3.8) is 0 Å². The molecule has 0 aliphatic carbocycles. The Morgan fingerprint density at radius 2 is 2.17 bits per heavy atom. The Morgan fingerprint density at radius 1 is 1.39 bits per heavy atom. The van der Waals surface area contributed by atoms with Crippen LogP contribution in [0.5, 0.6) is 0 Å². The summed E-state index contributed by atoms with van der Waals surface area (Å²) in [6, 6.07) is 6.13. The molecule has 18 heavy (non-hydrogen) atoms. The van der Waals surface area contributed by atoms with Crippen molar-refractivity contribution in [2.24, 2.45) is 0 Å². The predicted molar refractivity (Wildman–Crippen MR) is 72.7 cm³/mol. The second-order valence-electron chi connectivity index (χ2n) is 5.09. The van der Waals surface area contributed by atoms with E-state index in [0.717, 1.165) is 25.2 Å². The van der Waals surface area contributed by atoms with Crippen molar-refractivity contribution in [3.8, 4) is 0 Å². The lowest BCUT2D eigenvalue weighted by atomic mass is 9.99. The Bertz CT molecular complexity index is 405. The van der Waals surface area contributed by atoms with Crippen LogP contribution in [0.1, 0.15) is 29.7 Å². The van der Waals surface area contributed by atoms with E-state index in [9.17, 15) is 5.11 Å². The molecule has 0 amide bonds. The molecule has 1 fully saturated rings. The average Bonchev–Trinajstić information content (AvgIpc) is 2.41. The molecule has 3 nitrogen and oxygen atoms in total. The van der Waals surface area contributed by atoms with Crippen LogP contribution in [-0.2, 0) is 4.74 Å². The highest BCUT2D eigenvalue weighted by atomic mass is 16.5. The summed E-state index contributed by atoms with van der Waals surface area (Å²) in [4.78, 5) is 2.32. The van der Waals surface area contributed by atoms with Gasteiger partial charge in [0.2, 0.25) is 0 Å². The number of aliphatic hydroxyl groups excluding tert-OH is 1. The first-order valence-electron chi connectivity index (χ1n) is 6.71. The van der Waals surface area contributed by atoms with Crippen LogP contribution in [0.3, 0.4) is 0 Å². The average molecular weight is 249 g/mol. The summed E-state index contributed by atoms with van der Waals surface area (Å²) in [7, 11) is 0. The molecule has 0 saturated carbocycles. The predicted octanol–water partition coefficient (Wildman–Crippen LogP) is 2.06. The Balaban J connectivity index is 2.10. The van der Waals surface area contributed by atoms with Gasteiger partial charge in [-0.25, -0.2) is 0 Å². The summed E-state index contributed by atoms with van der Waals surface area (Å²) in [6.07, 6.45) is -0.639. The first-order chi connectivity index (χ1) is 8.61. The van der Waals surface area contributed by atoms with Crippen LogP contribution in [0.2, 0.25) is 0 Å². The van der Waals surface area contributed by atoms with Crippen molar-refractivity contribution in [2.75, 3.05) is 26.2 Å². The molecular formula is C15H23NO2. The number of morpholine rings is 1. The van der Waals surface area contributed by atoms with Gasteiger partial charge in [-0.05, 0) is 37.1 Å². The molecular weight excluding hydrogens is 226 g/mol. The van der Waals surface area contributed by atoms with Crippen LogP contribution in [0.15, 0.2) is 18.2 Å². The number of aryl methyl sites for hydroxylation is 2. The molecule has 3 heteroatoms. The van der Waals surface area contributed by atoms with E-state index in [1.54, 1.807) is 0 Å². The molecule has 0 aromatic heterocycles. The molecule has 1 saturated heterocycles. The Hall–Kier alpha value is -0.900. The van der Waals surface area contributed by atoms with Crippen molar-refractivity contribution in [2.45, 2.75) is 33.0 Å². The highest BCUT2D eigenvalue weighted by Gasteiger charge is 2.27. The van der Waals surface area contributed by atoms with Crippen LogP contribution in [0.4, 0.5) is 0 Å². The summed E-state index contributed by atoms with van der Waals surface area (Å²) in [5.74, 6) is 0. The molecule has 2 rings (SSSR count). The number of rotatable bonds is 3. The Labute approximate surface area is 109 Å². The van der Waals surface area contributed by atoms with Gasteiger partial charge in [-0.15, -0.1) is 0 Å². The van der Waals surface area contributed by atoms with E-state index in [1.165, 1.54) is 11.1 Å². The molecule has 1 aliphatic heterocycles. The molecule has 1 aliphatic rings. The van der Waals surface area contributed by atoms with Gasteiger partial charge >= 0.3 is 0 Å². The number of benzene rings is 1. The summed E-state index contributed by atoms with van der Waals surface area (Å²) in [5.41, 5.74) is 3.43. The minimum atomic E-state index is -0.529. The number of aliphatic hydroxyl groups is 1. The molecule has 1 aromatic rings. The van der Waals surface area contributed by atoms with Crippen molar-refractivity contribution in [1.29, 1.82) is 0 Å². The lowest BCUT2D eigenvalue weighted by molar-refractivity contribution is -0.0888. The maximum atomic E-state index is 10.4. The van der Waals surface area contributed by atoms with Crippen molar-refractivity contribution < 1.29 is 9.84 Å². The third-order valence-electron chi connectivity index (χ3n) is 3.85. The van der Waals surface area contributed by atoms with Gasteiger partial charge in [0.25, 0.3) is 0 Å². The fourth-order valence-electron chi connectivity index (χ4n) is 2.37. The molecule has 0 spiro atoms. The molecule has 1 aromatic carbocycles. The SMILES string of the molecule is CCN1CCOC(C(O)c2ccc(C)c(C)c2)C1. The van der Waals surface area contributed by atoms with Gasteiger partial charge in [0, 0.05) is 13.1 Å². The summed E-state index contributed by atoms with van der Waals surface area (Å²) >= 11 is 0. The zero-order valence-corrected chi connectivity index (χ0v) is 11.5. The van der Waals surface area contributed by atoms with Gasteiger partial charge in [0.1, 0.15) is 12.2 Å². The quantitative estimate of drug-likeness (QED) is 0.890. The van der Waals surface area contributed by atoms with Gasteiger partial charge in [-0.2, -0.15) is 0 Å². The lowest BCUT2D eigenvalue weighted by Gasteiger charge is -2.34. The van der Waals surface area contributed by atoms with Crippen molar-refractivity contribution in [1.82, 2.24) is 4.90 Å². The summed E-state index contributed by atoms with van der Waals surface area (Å²) in [6.45, 7) is 9.80. The number of hydrogen-bond donors (Lipinski definition) is 1. The minimum Gasteiger partial charge on any atom is -0.386 e. The zero-order valence-electron chi connectivity index (χ0n) is 11.5. The molecule has 100 valence electrons. The van der Waals surface area contributed by atoms with Gasteiger partial charge in [-0.1, -0.05) is 25.1 Å². The highest BCUT2D eigenvalue weighted by Crippen LogP contribution is 2.24. The number of nitrogens with zero attached hydrogens (tertiary/aromatic N) is 1. The first-order valence-corrected chi connectivity index (χ1v) is 6.71. The fourth-order valence-corrected chi connectivity index (χ4v) is 2.37. The second kappa shape index (κ2) is 5.83. The van der Waals surface area contributed by atoms with Crippen LogP contribution in [0, 0.1) is 13.8 Å². The largest absolute Gasteiger partial charge is 0.386 e. The minimum absolute atomic E-state index is 0.110. The standard InChI is InChI=1S/C15H23NO2/c1-4-16-7-8-18-14(10-16)15(17)13-6-5-11(2)12(3)9-13/h5-6,9,14-15,17H,4,7-8,10H2,1-3H3. The maximum Gasteiger partial charge on any atom is 0.106 e. The Morgan fingerprint density at radius 3 is 2.83 bits per heavy atom. The molecule has 1 heterocycles. The third-order valence-corrected chi connectivity index (χ3v) is 3.85. The zero-order chi connectivity index (χ0) is 13.1. The number of hydrogen-bond acceptors (Lipinski definition) is 3. The topological polar surface area (TPSA) is 32.7 Å². The normalized spacial score (nSPS) is 23.0. The molecule has 2 atom stereocenters. The maximum absolute atomic E-state index is 10.4. The van der Waals surface area contributed by atoms with E-state index >= 15 is 0 Å². The first kappa shape index (κ1) is 13.5. The van der Waals surface area contributed by atoms with Crippen LogP contribution < -0.4 is 0 Å². The monoisotopic (exact) mass is 249 g/mol. The van der Waals surface area contributed by atoms with Crippen LogP contribution in [-0.4, -0.2) is 42.4 Å². The number of ether oxygens (including phenoxy) is 1. The van der Waals surface area contributed by atoms with E-state index in [2.05, 4.69) is 37.8 Å². The fraction of sp³-hybridized carbons (Fsp3) is 0.600. The molecule has 0 radical (unpaired) electrons. The van der Waals surface area contributed by atoms with E-state index in [-0.39, 0.29) is 6.10 Å². The summed E-state index contributed by atoms with van der Waals surface area (Å²) < 4.78 is 5.70. The van der Waals surface area contributed by atoms with E-state index in [1.807, 2.05) is 6.07 Å². The van der Waals surface area contributed by atoms with Gasteiger partial charge < -0.3 is 9.84 Å². The summed E-state index contributed by atoms with van der Waals surface area (Å²) in [5, 5.41) is 10.4. The van der Waals surface area contributed by atoms with Crippen LogP contribution >= 0.6 is 0 Å². The van der Waals surface area contributed by atoms with E-state index < -0.39 is 6.10 Å². The highest BCUT2D eigenvalue weighted by molar-refractivity contribution is 5.31.